The Morgan fingerprint density at radius 3 is 1.79 bits per heavy atom. The van der Waals surface area contributed by atoms with Crippen molar-refractivity contribution >= 4 is 32.8 Å². The van der Waals surface area contributed by atoms with Crippen molar-refractivity contribution in [3.05, 3.63) is 12.2 Å². The minimum atomic E-state index is -5.03. The van der Waals surface area contributed by atoms with Gasteiger partial charge in [0.15, 0.2) is 0 Å². The number of rotatable bonds is 18. The molecule has 0 aromatic heterocycles. The van der Waals surface area contributed by atoms with E-state index in [-0.39, 0.29) is 6.42 Å². The lowest BCUT2D eigenvalue weighted by atomic mass is 10.1. The fourth-order valence-electron chi connectivity index (χ4n) is 2.77. The van der Waals surface area contributed by atoms with Crippen LogP contribution in [0.5, 0.6) is 0 Å². The average Bonchev–Trinajstić information content (AvgIpc) is 2.63. The maximum atomic E-state index is 11.6. The molecule has 0 aliphatic rings. The second-order valence-corrected chi connectivity index (χ2v) is 12.2. The molecule has 0 bridgehead atoms. The number of hydrogen-bond donors (Lipinski definition) is 3. The first-order valence-corrected chi connectivity index (χ1v) is 14.3. The topological polar surface area (TPSA) is 121 Å². The molecule has 172 valence electrons. The van der Waals surface area contributed by atoms with E-state index in [1.165, 1.54) is 38.5 Å². The Kier molecular flexibility index (Phi) is 16.4. The van der Waals surface area contributed by atoms with Gasteiger partial charge < -0.3 is 19.2 Å². The molecule has 10 heteroatoms. The molecule has 0 aromatic carbocycles. The van der Waals surface area contributed by atoms with Gasteiger partial charge in [0.05, 0.1) is 0 Å². The molecule has 0 saturated carbocycles. The van der Waals surface area contributed by atoms with E-state index in [4.69, 9.17) is 21.4 Å². The fourth-order valence-corrected chi connectivity index (χ4v) is 5.02. The van der Waals surface area contributed by atoms with Crippen LogP contribution in [-0.2, 0) is 18.4 Å². The molecule has 0 aliphatic carbocycles. The summed E-state index contributed by atoms with van der Waals surface area (Å²) in [6, 6.07) is 0. The highest BCUT2D eigenvalue weighted by Gasteiger charge is 2.46. The highest BCUT2D eigenvalue weighted by atomic mass is 35.5. The molecular weight excluding hydrogens is 438 g/mol. The highest BCUT2D eigenvalue weighted by Crippen LogP contribution is 2.64. The molecule has 7 nitrogen and oxygen atoms in total. The molecule has 0 fully saturated rings. The Balaban J connectivity index is 3.63. The molecule has 3 N–H and O–H groups in total. The minimum Gasteiger partial charge on any atom is -0.390 e. The first-order chi connectivity index (χ1) is 13.6. The van der Waals surface area contributed by atoms with Crippen molar-refractivity contribution in [1.82, 2.24) is 0 Å². The van der Waals surface area contributed by atoms with Gasteiger partial charge in [0, 0.05) is 6.42 Å². The average molecular weight is 475 g/mol. The smallest absolute Gasteiger partial charge is 0.390 e. The second-order valence-electron chi connectivity index (χ2n) is 7.26. The molecule has 0 aliphatic heterocycles. The van der Waals surface area contributed by atoms with E-state index >= 15 is 0 Å². The number of carbonyl (C=O) groups is 1. The molecule has 0 heterocycles. The number of halogens is 1. The van der Waals surface area contributed by atoms with E-state index in [9.17, 15) is 18.8 Å². The molecule has 0 spiro atoms. The van der Waals surface area contributed by atoms with Gasteiger partial charge in [0.1, 0.15) is 0 Å². The van der Waals surface area contributed by atoms with Crippen LogP contribution in [0, 0.1) is 0 Å². The van der Waals surface area contributed by atoms with Gasteiger partial charge in [-0.2, -0.15) is 0 Å². The van der Waals surface area contributed by atoms with Crippen LogP contribution in [0.25, 0.3) is 0 Å². The Morgan fingerprint density at radius 2 is 1.31 bits per heavy atom. The lowest BCUT2D eigenvalue weighted by Gasteiger charge is -2.17. The Labute approximate surface area is 180 Å². The van der Waals surface area contributed by atoms with Crippen LogP contribution >= 0.6 is 26.8 Å². The van der Waals surface area contributed by atoms with Gasteiger partial charge >= 0.3 is 21.2 Å². The molecule has 0 aromatic rings. The zero-order chi connectivity index (χ0) is 22.2. The number of allylic oxidation sites excluding steroid dienone is 2. The van der Waals surface area contributed by atoms with Gasteiger partial charge in [0.2, 0.25) is 4.86 Å². The van der Waals surface area contributed by atoms with Crippen molar-refractivity contribution in [3.8, 4) is 0 Å². The molecule has 2 unspecified atom stereocenters. The summed E-state index contributed by atoms with van der Waals surface area (Å²) >= 11 is 5.23. The summed E-state index contributed by atoms with van der Waals surface area (Å²) in [5, 5.41) is 0. The summed E-state index contributed by atoms with van der Waals surface area (Å²) in [4.78, 5) is 36.1. The van der Waals surface area contributed by atoms with Gasteiger partial charge in [-0.15, -0.1) is 0 Å². The predicted molar refractivity (Wildman–Crippen MR) is 117 cm³/mol. The molecular formula is C19H37ClO7P2. The van der Waals surface area contributed by atoms with E-state index in [1.54, 1.807) is 0 Å². The second kappa shape index (κ2) is 16.5. The minimum absolute atomic E-state index is 0.0898. The van der Waals surface area contributed by atoms with Crippen molar-refractivity contribution in [2.75, 3.05) is 0 Å². The summed E-state index contributed by atoms with van der Waals surface area (Å²) in [6.07, 6.45) is 18.8. The monoisotopic (exact) mass is 474 g/mol. The largest absolute Gasteiger partial charge is 0.408 e. The van der Waals surface area contributed by atoms with Crippen LogP contribution in [-0.4, -0.2) is 25.5 Å². The maximum absolute atomic E-state index is 11.6. The predicted octanol–water partition coefficient (Wildman–Crippen LogP) is 6.45. The Hall–Kier alpha value is -0.160. The first-order valence-electron chi connectivity index (χ1n) is 10.5. The molecule has 0 saturated heterocycles. The van der Waals surface area contributed by atoms with Crippen LogP contribution in [0.1, 0.15) is 96.8 Å². The van der Waals surface area contributed by atoms with Crippen molar-refractivity contribution in [1.29, 1.82) is 0 Å². The SMILES string of the molecule is CCCCCCCCC=CCCCCCCCC(=O)OP(=O)(O)C(Cl)P(=O)(O)O. The normalized spacial score (nSPS) is 15.3. The Bertz CT molecular complexity index is 563. The number of carbonyl (C=O) groups excluding carboxylic acids is 1. The van der Waals surface area contributed by atoms with E-state index in [1.807, 2.05) is 0 Å². The van der Waals surface area contributed by atoms with E-state index in [0.29, 0.717) is 6.42 Å². The van der Waals surface area contributed by atoms with Crippen LogP contribution in [0.3, 0.4) is 0 Å². The summed E-state index contributed by atoms with van der Waals surface area (Å²) in [6.45, 7) is 2.22. The van der Waals surface area contributed by atoms with Crippen LogP contribution < -0.4 is 0 Å². The van der Waals surface area contributed by atoms with Gasteiger partial charge in [0.25, 0.3) is 0 Å². The van der Waals surface area contributed by atoms with Gasteiger partial charge in [-0.1, -0.05) is 82.0 Å². The summed E-state index contributed by atoms with van der Waals surface area (Å²) < 4.78 is 26.8. The third-order valence-corrected chi connectivity index (χ3v) is 9.26. The van der Waals surface area contributed by atoms with Crippen molar-refractivity contribution in [3.63, 3.8) is 0 Å². The van der Waals surface area contributed by atoms with Gasteiger partial charge in [-0.25, -0.2) is 4.57 Å². The highest BCUT2D eigenvalue weighted by molar-refractivity contribution is 7.74. The van der Waals surface area contributed by atoms with Gasteiger partial charge in [-0.3, -0.25) is 9.36 Å². The first kappa shape index (κ1) is 28.8. The summed E-state index contributed by atoms with van der Waals surface area (Å²) in [5.74, 6) is -0.979. The van der Waals surface area contributed by atoms with Crippen LogP contribution in [0.15, 0.2) is 12.2 Å². The van der Waals surface area contributed by atoms with Crippen molar-refractivity contribution < 1.29 is 33.1 Å². The molecule has 0 radical (unpaired) electrons. The summed E-state index contributed by atoms with van der Waals surface area (Å²) in [7, 11) is -9.93. The van der Waals surface area contributed by atoms with E-state index < -0.39 is 26.0 Å². The number of alkyl halides is 1. The van der Waals surface area contributed by atoms with Crippen LogP contribution in [0.4, 0.5) is 0 Å². The zero-order valence-corrected chi connectivity index (χ0v) is 19.9. The quantitative estimate of drug-likeness (QED) is 0.0902. The number of hydrogen-bond acceptors (Lipinski definition) is 4. The van der Waals surface area contributed by atoms with E-state index in [2.05, 4.69) is 23.6 Å². The van der Waals surface area contributed by atoms with Crippen LogP contribution in [0.2, 0.25) is 0 Å². The zero-order valence-electron chi connectivity index (χ0n) is 17.4. The maximum Gasteiger partial charge on any atom is 0.408 e. The standard InChI is InChI=1S/C19H37ClO7P2/c1-2-3-4-5-6-7-8-9-10-11-12-13-14-15-16-17-18(21)27-29(25,26)19(20)28(22,23)24/h9-10,19H,2-8,11-17H2,1H3,(H,25,26)(H2,22,23,24). The third-order valence-electron chi connectivity index (χ3n) is 4.42. The van der Waals surface area contributed by atoms with Crippen molar-refractivity contribution in [2.24, 2.45) is 0 Å². The molecule has 29 heavy (non-hydrogen) atoms. The lowest BCUT2D eigenvalue weighted by Crippen LogP contribution is -2.09. The number of unbranched alkanes of at least 4 members (excludes halogenated alkanes) is 11. The lowest BCUT2D eigenvalue weighted by molar-refractivity contribution is -0.134. The van der Waals surface area contributed by atoms with Crippen molar-refractivity contribution in [2.45, 2.75) is 102 Å². The third kappa shape index (κ3) is 16.2. The molecule has 0 amide bonds. The molecule has 0 rings (SSSR count). The summed E-state index contributed by atoms with van der Waals surface area (Å²) in [5.41, 5.74) is 0. The van der Waals surface area contributed by atoms with Gasteiger partial charge in [-0.05, 0) is 32.1 Å². The van der Waals surface area contributed by atoms with E-state index in [0.717, 1.165) is 38.5 Å². The fraction of sp³-hybridized carbons (Fsp3) is 0.842. The molecule has 2 atom stereocenters. The Morgan fingerprint density at radius 1 is 0.862 bits per heavy atom.